The molecule has 0 fully saturated rings. The highest BCUT2D eigenvalue weighted by molar-refractivity contribution is 5.92. The number of fused-ring (bicyclic) bond motifs is 1. The van der Waals surface area contributed by atoms with Crippen molar-refractivity contribution in [2.24, 2.45) is 7.05 Å². The largest absolute Gasteiger partial charge is 0.497 e. The van der Waals surface area contributed by atoms with Gasteiger partial charge in [0.2, 0.25) is 0 Å². The third-order valence-electron chi connectivity index (χ3n) is 4.54. The lowest BCUT2D eigenvalue weighted by atomic mass is 9.97. The lowest BCUT2D eigenvalue weighted by Crippen LogP contribution is -1.93. The molecule has 0 bridgehead atoms. The zero-order valence-corrected chi connectivity index (χ0v) is 13.9. The number of hydrogen-bond donors (Lipinski definition) is 0. The van der Waals surface area contributed by atoms with Gasteiger partial charge in [0.05, 0.1) is 7.11 Å². The Morgan fingerprint density at radius 1 is 0.750 bits per heavy atom. The highest BCUT2D eigenvalue weighted by Crippen LogP contribution is 2.35. The Morgan fingerprint density at radius 2 is 1.46 bits per heavy atom. The first-order valence-corrected chi connectivity index (χ1v) is 8.06. The van der Waals surface area contributed by atoms with Crippen LogP contribution in [0.4, 0.5) is 0 Å². The summed E-state index contributed by atoms with van der Waals surface area (Å²) in [4.78, 5) is 0. The first-order chi connectivity index (χ1) is 11.8. The molecule has 0 aliphatic carbocycles. The summed E-state index contributed by atoms with van der Waals surface area (Å²) in [5.74, 6) is 0.885. The molecule has 2 heteroatoms. The summed E-state index contributed by atoms with van der Waals surface area (Å²) in [6.07, 6.45) is 0. The number of nitrogens with zero attached hydrogens (tertiary/aromatic N) is 1. The van der Waals surface area contributed by atoms with Crippen molar-refractivity contribution in [1.29, 1.82) is 0 Å². The molecule has 1 aromatic heterocycles. The van der Waals surface area contributed by atoms with Gasteiger partial charge in [0.25, 0.3) is 0 Å². The number of benzene rings is 3. The van der Waals surface area contributed by atoms with Crippen LogP contribution < -0.4 is 4.74 Å². The first kappa shape index (κ1) is 14.6. The summed E-state index contributed by atoms with van der Waals surface area (Å²) in [6, 6.07) is 27.5. The minimum absolute atomic E-state index is 0.885. The lowest BCUT2D eigenvalue weighted by molar-refractivity contribution is 0.415. The van der Waals surface area contributed by atoms with Gasteiger partial charge in [-0.15, -0.1) is 0 Å². The maximum Gasteiger partial charge on any atom is 0.119 e. The quantitative estimate of drug-likeness (QED) is 0.485. The van der Waals surface area contributed by atoms with Crippen molar-refractivity contribution < 1.29 is 4.74 Å². The van der Waals surface area contributed by atoms with Gasteiger partial charge in [-0.3, -0.25) is 0 Å². The number of ether oxygens (including phenoxy) is 1. The minimum Gasteiger partial charge on any atom is -0.497 e. The van der Waals surface area contributed by atoms with E-state index in [-0.39, 0.29) is 0 Å². The zero-order chi connectivity index (χ0) is 16.5. The second-order valence-corrected chi connectivity index (χ2v) is 5.92. The van der Waals surface area contributed by atoms with E-state index in [1.54, 1.807) is 7.11 Å². The maximum absolute atomic E-state index is 5.36. The molecule has 3 aromatic carbocycles. The zero-order valence-electron chi connectivity index (χ0n) is 13.9. The van der Waals surface area contributed by atoms with Crippen LogP contribution >= 0.6 is 0 Å². The summed E-state index contributed by atoms with van der Waals surface area (Å²) in [5.41, 5.74) is 6.12. The van der Waals surface area contributed by atoms with Crippen molar-refractivity contribution in [3.63, 3.8) is 0 Å². The third kappa shape index (κ3) is 2.37. The van der Waals surface area contributed by atoms with Crippen LogP contribution in [0.5, 0.6) is 5.75 Å². The summed E-state index contributed by atoms with van der Waals surface area (Å²) in [5, 5.41) is 1.19. The van der Waals surface area contributed by atoms with E-state index >= 15 is 0 Å². The molecule has 4 aromatic rings. The van der Waals surface area contributed by atoms with Gasteiger partial charge in [0, 0.05) is 29.2 Å². The highest BCUT2D eigenvalue weighted by atomic mass is 16.5. The average Bonchev–Trinajstić information content (AvgIpc) is 2.98. The summed E-state index contributed by atoms with van der Waals surface area (Å²) in [6.45, 7) is 0. The van der Waals surface area contributed by atoms with Crippen LogP contribution in [-0.2, 0) is 7.05 Å². The van der Waals surface area contributed by atoms with E-state index in [9.17, 15) is 0 Å². The fourth-order valence-electron chi connectivity index (χ4n) is 3.29. The summed E-state index contributed by atoms with van der Waals surface area (Å²) >= 11 is 0. The third-order valence-corrected chi connectivity index (χ3v) is 4.54. The van der Waals surface area contributed by atoms with E-state index in [1.807, 2.05) is 6.07 Å². The van der Waals surface area contributed by atoms with E-state index in [4.69, 9.17) is 4.74 Å². The van der Waals surface area contributed by atoms with Gasteiger partial charge >= 0.3 is 0 Å². The number of methoxy groups -OCH3 is 1. The average molecular weight is 313 g/mol. The van der Waals surface area contributed by atoms with Gasteiger partial charge in [0.1, 0.15) is 5.75 Å². The molecule has 2 nitrogen and oxygen atoms in total. The van der Waals surface area contributed by atoms with Crippen molar-refractivity contribution >= 4 is 10.9 Å². The fraction of sp³-hybridized carbons (Fsp3) is 0.0909. The van der Waals surface area contributed by atoms with Crippen LogP contribution in [0.25, 0.3) is 33.3 Å². The van der Waals surface area contributed by atoms with Crippen LogP contribution in [0, 0.1) is 0 Å². The minimum atomic E-state index is 0.885. The summed E-state index contributed by atoms with van der Waals surface area (Å²) in [7, 11) is 3.82. The molecule has 0 saturated carbocycles. The summed E-state index contributed by atoms with van der Waals surface area (Å²) < 4.78 is 7.61. The van der Waals surface area contributed by atoms with Crippen LogP contribution in [0.3, 0.4) is 0 Å². The number of aromatic nitrogens is 1. The van der Waals surface area contributed by atoms with Crippen molar-refractivity contribution in [2.45, 2.75) is 0 Å². The molecule has 0 saturated heterocycles. The molecule has 24 heavy (non-hydrogen) atoms. The van der Waals surface area contributed by atoms with Crippen molar-refractivity contribution in [3.8, 4) is 28.1 Å². The topological polar surface area (TPSA) is 14.2 Å². The van der Waals surface area contributed by atoms with Gasteiger partial charge in [-0.1, -0.05) is 54.6 Å². The highest BCUT2D eigenvalue weighted by Gasteiger charge is 2.12. The van der Waals surface area contributed by atoms with Crippen molar-refractivity contribution in [2.75, 3.05) is 7.11 Å². The molecule has 0 unspecified atom stereocenters. The van der Waals surface area contributed by atoms with Crippen molar-refractivity contribution in [3.05, 3.63) is 78.9 Å². The molecule has 0 spiro atoms. The first-order valence-electron chi connectivity index (χ1n) is 8.06. The number of rotatable bonds is 3. The Labute approximate surface area is 141 Å². The molecular weight excluding hydrogens is 294 g/mol. The SMILES string of the molecule is COc1ccc2c(c1)cc(-c1ccccc1-c1ccccc1)n2C. The maximum atomic E-state index is 5.36. The Balaban J connectivity index is 1.94. The molecular formula is C22H19NO. The molecule has 118 valence electrons. The smallest absolute Gasteiger partial charge is 0.119 e. The monoisotopic (exact) mass is 313 g/mol. The Bertz CT molecular complexity index is 999. The number of aryl methyl sites for hydroxylation is 1. The lowest BCUT2D eigenvalue weighted by Gasteiger charge is -2.11. The Morgan fingerprint density at radius 3 is 2.21 bits per heavy atom. The van der Waals surface area contributed by atoms with Gasteiger partial charge < -0.3 is 9.30 Å². The Hall–Kier alpha value is -3.00. The second kappa shape index (κ2) is 5.89. The van der Waals surface area contributed by atoms with Gasteiger partial charge in [-0.05, 0) is 35.4 Å². The van der Waals surface area contributed by atoms with Crippen LogP contribution in [0.2, 0.25) is 0 Å². The fourth-order valence-corrected chi connectivity index (χ4v) is 3.29. The standard InChI is InChI=1S/C22H19NO/c1-23-21-13-12-18(24-2)14-17(21)15-22(23)20-11-7-6-10-19(20)16-8-4-3-5-9-16/h3-15H,1-2H3. The second-order valence-electron chi connectivity index (χ2n) is 5.92. The van der Waals surface area contributed by atoms with E-state index in [1.165, 1.54) is 33.3 Å². The predicted octanol–water partition coefficient (Wildman–Crippen LogP) is 5.52. The number of hydrogen-bond acceptors (Lipinski definition) is 1. The van der Waals surface area contributed by atoms with Crippen LogP contribution in [0.15, 0.2) is 78.9 Å². The Kier molecular flexibility index (Phi) is 3.58. The van der Waals surface area contributed by atoms with E-state index in [0.29, 0.717) is 0 Å². The van der Waals surface area contributed by atoms with Gasteiger partial charge in [0.15, 0.2) is 0 Å². The molecule has 0 N–H and O–H groups in total. The molecule has 4 rings (SSSR count). The van der Waals surface area contributed by atoms with Gasteiger partial charge in [-0.2, -0.15) is 0 Å². The molecule has 1 heterocycles. The van der Waals surface area contributed by atoms with E-state index < -0.39 is 0 Å². The van der Waals surface area contributed by atoms with Crippen LogP contribution in [-0.4, -0.2) is 11.7 Å². The normalized spacial score (nSPS) is 10.9. The van der Waals surface area contributed by atoms with E-state index in [2.05, 4.69) is 84.4 Å². The van der Waals surface area contributed by atoms with Gasteiger partial charge in [-0.25, -0.2) is 0 Å². The van der Waals surface area contributed by atoms with E-state index in [0.717, 1.165) is 5.75 Å². The molecule has 0 amide bonds. The molecule has 0 aliphatic heterocycles. The molecule has 0 aliphatic rings. The molecule has 0 atom stereocenters. The van der Waals surface area contributed by atoms with Crippen molar-refractivity contribution in [1.82, 2.24) is 4.57 Å². The van der Waals surface area contributed by atoms with Crippen LogP contribution in [0.1, 0.15) is 0 Å². The predicted molar refractivity (Wildman–Crippen MR) is 100 cm³/mol. The molecule has 0 radical (unpaired) electrons.